The number of nitrogens with one attached hydrogen (secondary N) is 1. The average Bonchev–Trinajstić information content (AvgIpc) is 2.85. The van der Waals surface area contributed by atoms with E-state index in [-0.39, 0.29) is 0 Å². The molecular weight excluding hydrogens is 290 g/mol. The summed E-state index contributed by atoms with van der Waals surface area (Å²) >= 11 is 7.92. The van der Waals surface area contributed by atoms with E-state index in [1.165, 1.54) is 4.88 Å². The van der Waals surface area contributed by atoms with Gasteiger partial charge in [0.2, 0.25) is 5.95 Å². The van der Waals surface area contributed by atoms with Gasteiger partial charge in [-0.25, -0.2) is 9.97 Å². The summed E-state index contributed by atoms with van der Waals surface area (Å²) in [7, 11) is 0. The molecule has 0 fully saturated rings. The molecule has 0 aliphatic heterocycles. The summed E-state index contributed by atoms with van der Waals surface area (Å²) in [6.45, 7) is 4.17. The lowest BCUT2D eigenvalue weighted by atomic mass is 10.2. The maximum absolute atomic E-state index is 6.25. The van der Waals surface area contributed by atoms with Gasteiger partial charge in [0, 0.05) is 16.0 Å². The minimum atomic E-state index is 0.502. The summed E-state index contributed by atoms with van der Waals surface area (Å²) in [5, 5.41) is 4.67. The van der Waals surface area contributed by atoms with Crippen LogP contribution in [0, 0.1) is 6.92 Å². The number of thiophene rings is 1. The Labute approximate surface area is 126 Å². The summed E-state index contributed by atoms with van der Waals surface area (Å²) in [6, 6.07) is 10.1. The van der Waals surface area contributed by atoms with Gasteiger partial charge in [-0.3, -0.25) is 0 Å². The Morgan fingerprint density at radius 1 is 1.25 bits per heavy atom. The average molecular weight is 304 g/mol. The molecule has 0 aliphatic carbocycles. The molecule has 0 spiro atoms. The summed E-state index contributed by atoms with van der Waals surface area (Å²) in [6.07, 6.45) is 0.984. The molecule has 1 aromatic carbocycles. The summed E-state index contributed by atoms with van der Waals surface area (Å²) in [5.74, 6) is 0.543. The van der Waals surface area contributed by atoms with Crippen LogP contribution in [0.15, 0.2) is 30.3 Å². The highest BCUT2D eigenvalue weighted by Gasteiger charge is 2.10. The van der Waals surface area contributed by atoms with E-state index in [1.54, 1.807) is 11.3 Å². The minimum Gasteiger partial charge on any atom is -0.324 e. The van der Waals surface area contributed by atoms with Crippen LogP contribution in [-0.2, 0) is 6.42 Å². The van der Waals surface area contributed by atoms with E-state index >= 15 is 0 Å². The number of halogens is 1. The van der Waals surface area contributed by atoms with Gasteiger partial charge in [0.25, 0.3) is 0 Å². The number of fused-ring (bicyclic) bond motifs is 1. The highest BCUT2D eigenvalue weighted by atomic mass is 35.5. The van der Waals surface area contributed by atoms with Crippen LogP contribution in [0.1, 0.15) is 17.4 Å². The standard InChI is InChI=1S/C15H14ClN3S/c1-3-10-8-11-13(16)18-15(19-14(11)20-10)17-12-7-5-4-6-9(12)2/h4-8H,3H2,1-2H3,(H,17,18,19). The van der Waals surface area contributed by atoms with Crippen LogP contribution < -0.4 is 5.32 Å². The van der Waals surface area contributed by atoms with E-state index < -0.39 is 0 Å². The van der Waals surface area contributed by atoms with E-state index in [0.717, 1.165) is 27.9 Å². The van der Waals surface area contributed by atoms with E-state index in [9.17, 15) is 0 Å². The highest BCUT2D eigenvalue weighted by Crippen LogP contribution is 2.31. The number of aromatic nitrogens is 2. The van der Waals surface area contributed by atoms with Crippen molar-refractivity contribution in [1.29, 1.82) is 0 Å². The van der Waals surface area contributed by atoms with Crippen LogP contribution >= 0.6 is 22.9 Å². The van der Waals surface area contributed by atoms with Crippen LogP contribution in [0.5, 0.6) is 0 Å². The van der Waals surface area contributed by atoms with E-state index in [2.05, 4.69) is 28.3 Å². The fraction of sp³-hybridized carbons (Fsp3) is 0.200. The van der Waals surface area contributed by atoms with Crippen molar-refractivity contribution in [2.75, 3.05) is 5.32 Å². The molecular formula is C15H14ClN3S. The zero-order valence-electron chi connectivity index (χ0n) is 11.3. The number of hydrogen-bond acceptors (Lipinski definition) is 4. The van der Waals surface area contributed by atoms with Gasteiger partial charge in [-0.05, 0) is 31.0 Å². The SMILES string of the molecule is CCc1cc2c(Cl)nc(Nc3ccccc3C)nc2s1. The fourth-order valence-corrected chi connectivity index (χ4v) is 3.25. The van der Waals surface area contributed by atoms with Gasteiger partial charge in [0.05, 0.1) is 0 Å². The summed E-state index contributed by atoms with van der Waals surface area (Å²) in [5.41, 5.74) is 2.14. The van der Waals surface area contributed by atoms with Gasteiger partial charge in [0.1, 0.15) is 9.98 Å². The molecule has 2 heterocycles. The van der Waals surface area contributed by atoms with Crippen molar-refractivity contribution in [1.82, 2.24) is 9.97 Å². The summed E-state index contributed by atoms with van der Waals surface area (Å²) in [4.78, 5) is 11.1. The number of benzene rings is 1. The normalized spacial score (nSPS) is 10.9. The molecule has 5 heteroatoms. The third-order valence-corrected chi connectivity index (χ3v) is 4.60. The number of aryl methyl sites for hydroxylation is 2. The van der Waals surface area contributed by atoms with Crippen molar-refractivity contribution in [3.05, 3.63) is 45.9 Å². The first-order valence-corrected chi connectivity index (χ1v) is 7.65. The van der Waals surface area contributed by atoms with Gasteiger partial charge in [-0.1, -0.05) is 36.7 Å². The molecule has 1 N–H and O–H groups in total. The zero-order chi connectivity index (χ0) is 14.1. The first-order chi connectivity index (χ1) is 9.67. The van der Waals surface area contributed by atoms with Gasteiger partial charge in [0.15, 0.2) is 0 Å². The van der Waals surface area contributed by atoms with Crippen molar-refractivity contribution in [2.45, 2.75) is 20.3 Å². The van der Waals surface area contributed by atoms with Crippen LogP contribution in [0.2, 0.25) is 5.15 Å². The Balaban J connectivity index is 2.02. The number of hydrogen-bond donors (Lipinski definition) is 1. The van der Waals surface area contributed by atoms with Crippen molar-refractivity contribution < 1.29 is 0 Å². The molecule has 0 radical (unpaired) electrons. The molecule has 0 saturated heterocycles. The Bertz CT molecular complexity index is 767. The molecule has 3 aromatic rings. The van der Waals surface area contributed by atoms with Crippen molar-refractivity contribution in [2.24, 2.45) is 0 Å². The monoisotopic (exact) mass is 303 g/mol. The smallest absolute Gasteiger partial charge is 0.230 e. The van der Waals surface area contributed by atoms with Crippen molar-refractivity contribution in [3.63, 3.8) is 0 Å². The van der Waals surface area contributed by atoms with Crippen LogP contribution in [0.4, 0.5) is 11.6 Å². The predicted molar refractivity (Wildman–Crippen MR) is 86.3 cm³/mol. The third-order valence-electron chi connectivity index (χ3n) is 3.14. The first-order valence-electron chi connectivity index (χ1n) is 6.46. The van der Waals surface area contributed by atoms with Crippen LogP contribution in [0.25, 0.3) is 10.2 Å². The maximum atomic E-state index is 6.25. The molecule has 0 atom stereocenters. The Morgan fingerprint density at radius 3 is 2.80 bits per heavy atom. The molecule has 0 aliphatic rings. The molecule has 0 saturated carbocycles. The molecule has 0 amide bonds. The molecule has 3 nitrogen and oxygen atoms in total. The Kier molecular flexibility index (Phi) is 3.59. The molecule has 0 bridgehead atoms. The van der Waals surface area contributed by atoms with Crippen LogP contribution in [0.3, 0.4) is 0 Å². The molecule has 102 valence electrons. The van der Waals surface area contributed by atoms with E-state index in [1.807, 2.05) is 31.2 Å². The molecule has 0 unspecified atom stereocenters. The van der Waals surface area contributed by atoms with Crippen molar-refractivity contribution in [3.8, 4) is 0 Å². The minimum absolute atomic E-state index is 0.502. The number of nitrogens with zero attached hydrogens (tertiary/aromatic N) is 2. The second-order valence-corrected chi connectivity index (χ2v) is 6.04. The lowest BCUT2D eigenvalue weighted by Gasteiger charge is -2.07. The summed E-state index contributed by atoms with van der Waals surface area (Å²) < 4.78 is 0. The highest BCUT2D eigenvalue weighted by molar-refractivity contribution is 7.18. The second-order valence-electron chi connectivity index (χ2n) is 4.56. The lowest BCUT2D eigenvalue weighted by Crippen LogP contribution is -1.98. The quantitative estimate of drug-likeness (QED) is 0.695. The van der Waals surface area contributed by atoms with E-state index in [4.69, 9.17) is 11.6 Å². The molecule has 2 aromatic heterocycles. The number of para-hydroxylation sites is 1. The molecule has 20 heavy (non-hydrogen) atoms. The Hall–Kier alpha value is -1.65. The lowest BCUT2D eigenvalue weighted by molar-refractivity contribution is 1.19. The maximum Gasteiger partial charge on any atom is 0.230 e. The molecule has 3 rings (SSSR count). The number of anilines is 2. The Morgan fingerprint density at radius 2 is 2.05 bits per heavy atom. The van der Waals surface area contributed by atoms with Crippen LogP contribution in [-0.4, -0.2) is 9.97 Å². The number of rotatable bonds is 3. The second kappa shape index (κ2) is 5.38. The third kappa shape index (κ3) is 2.49. The topological polar surface area (TPSA) is 37.8 Å². The zero-order valence-corrected chi connectivity index (χ0v) is 12.8. The van der Waals surface area contributed by atoms with E-state index in [0.29, 0.717) is 11.1 Å². The van der Waals surface area contributed by atoms with Crippen molar-refractivity contribution >= 4 is 44.8 Å². The largest absolute Gasteiger partial charge is 0.324 e. The fourth-order valence-electron chi connectivity index (χ4n) is 2.00. The van der Waals surface area contributed by atoms with Gasteiger partial charge < -0.3 is 5.32 Å². The predicted octanol–water partition coefficient (Wildman–Crippen LogP) is 4.96. The van der Waals surface area contributed by atoms with Gasteiger partial charge in [-0.2, -0.15) is 0 Å². The van der Waals surface area contributed by atoms with Gasteiger partial charge in [-0.15, -0.1) is 11.3 Å². The first kappa shape index (κ1) is 13.3. The van der Waals surface area contributed by atoms with Gasteiger partial charge >= 0.3 is 0 Å².